The van der Waals surface area contributed by atoms with Gasteiger partial charge in [-0.05, 0) is 0 Å². The van der Waals surface area contributed by atoms with Gasteiger partial charge in [-0.2, -0.15) is 0 Å². The van der Waals surface area contributed by atoms with Gasteiger partial charge in [0, 0.05) is 13.8 Å². The Morgan fingerprint density at radius 3 is 2.25 bits per heavy atom. The van der Waals surface area contributed by atoms with Gasteiger partial charge in [0.25, 0.3) is 0 Å². The minimum absolute atomic E-state index is 0.0818. The van der Waals surface area contributed by atoms with E-state index in [1.807, 2.05) is 0 Å². The zero-order valence-electron chi connectivity index (χ0n) is 7.33. The van der Waals surface area contributed by atoms with E-state index in [1.54, 1.807) is 0 Å². The summed E-state index contributed by atoms with van der Waals surface area (Å²) in [5, 5.41) is 0. The van der Waals surface area contributed by atoms with Crippen LogP contribution < -0.4 is 5.73 Å². The number of carbonyl (C=O) groups is 2. The number of carbonyl (C=O) groups excluding carboxylic acids is 2. The molecule has 0 amide bonds. The van der Waals surface area contributed by atoms with Crippen molar-refractivity contribution in [3.63, 3.8) is 0 Å². The van der Waals surface area contributed by atoms with E-state index in [0.29, 0.717) is 6.54 Å². The molecule has 0 aliphatic carbocycles. The van der Waals surface area contributed by atoms with Crippen LogP contribution in [-0.2, 0) is 19.1 Å². The number of hydrogen-bond donors (Lipinski definition) is 1. The number of quaternary nitrogens is 1. The molecule has 0 saturated heterocycles. The summed E-state index contributed by atoms with van der Waals surface area (Å²) in [5.41, 5.74) is 3.55. The minimum atomic E-state index is -0.425. The second-order valence-corrected chi connectivity index (χ2v) is 2.32. The molecule has 0 radical (unpaired) electrons. The summed E-state index contributed by atoms with van der Waals surface area (Å²) in [5.74, 6) is -0.781. The number of ether oxygens (including phenoxy) is 2. The van der Waals surface area contributed by atoms with E-state index in [1.165, 1.54) is 13.8 Å². The minimum Gasteiger partial charge on any atom is -0.462 e. The van der Waals surface area contributed by atoms with Crippen molar-refractivity contribution in [1.29, 1.82) is 0 Å². The van der Waals surface area contributed by atoms with Crippen LogP contribution in [0.3, 0.4) is 0 Å². The van der Waals surface area contributed by atoms with Gasteiger partial charge in [-0.15, -0.1) is 0 Å². The van der Waals surface area contributed by atoms with Crippen LogP contribution in [-0.4, -0.2) is 31.2 Å². The monoisotopic (exact) mass is 176 g/mol. The Bertz CT molecular complexity index is 169. The molecule has 70 valence electrons. The lowest BCUT2D eigenvalue weighted by Crippen LogP contribution is -2.57. The van der Waals surface area contributed by atoms with Gasteiger partial charge < -0.3 is 15.2 Å². The summed E-state index contributed by atoms with van der Waals surface area (Å²) in [6.07, 6.45) is -0.425. The summed E-state index contributed by atoms with van der Waals surface area (Å²) < 4.78 is 9.41. The molecule has 0 fully saturated rings. The van der Waals surface area contributed by atoms with Gasteiger partial charge >= 0.3 is 11.9 Å². The van der Waals surface area contributed by atoms with Crippen LogP contribution in [0, 0.1) is 0 Å². The third-order valence-corrected chi connectivity index (χ3v) is 1.13. The Kier molecular flexibility index (Phi) is 5.03. The molecule has 0 aliphatic heterocycles. The molecule has 5 heteroatoms. The van der Waals surface area contributed by atoms with Crippen LogP contribution >= 0.6 is 0 Å². The van der Waals surface area contributed by atoms with E-state index in [2.05, 4.69) is 10.5 Å². The lowest BCUT2D eigenvalue weighted by atomic mass is 10.4. The van der Waals surface area contributed by atoms with Crippen LogP contribution in [0.4, 0.5) is 0 Å². The lowest BCUT2D eigenvalue weighted by molar-refractivity contribution is -0.385. The quantitative estimate of drug-likeness (QED) is 0.541. The Labute approximate surface area is 70.8 Å². The van der Waals surface area contributed by atoms with Gasteiger partial charge in [0.2, 0.25) is 0 Å². The molecule has 1 unspecified atom stereocenters. The van der Waals surface area contributed by atoms with E-state index < -0.39 is 12.1 Å². The average Bonchev–Trinajstić information content (AvgIpc) is 1.97. The van der Waals surface area contributed by atoms with Crippen molar-refractivity contribution < 1.29 is 24.8 Å². The maximum absolute atomic E-state index is 10.5. The maximum atomic E-state index is 10.5. The van der Waals surface area contributed by atoms with Crippen LogP contribution in [0.1, 0.15) is 13.8 Å². The molecule has 3 N–H and O–H groups in total. The molecule has 0 aromatic rings. The third kappa shape index (κ3) is 5.67. The highest BCUT2D eigenvalue weighted by Crippen LogP contribution is 1.91. The first kappa shape index (κ1) is 10.9. The smallest absolute Gasteiger partial charge is 0.303 e. The molecular weight excluding hydrogens is 162 g/mol. The molecule has 0 aromatic heterocycles. The first-order chi connectivity index (χ1) is 5.56. The zero-order chi connectivity index (χ0) is 9.56. The third-order valence-electron chi connectivity index (χ3n) is 1.13. The standard InChI is InChI=1S/C7H13NO4/c1-5(9)11-4-7(3-8)12-6(2)10/h7H,3-4,8H2,1-2H3/p+1. The van der Waals surface area contributed by atoms with Gasteiger partial charge in [0.1, 0.15) is 13.2 Å². The predicted octanol–water partition coefficient (Wildman–Crippen LogP) is -1.28. The van der Waals surface area contributed by atoms with E-state index in [0.717, 1.165) is 0 Å². The van der Waals surface area contributed by atoms with Gasteiger partial charge in [0.05, 0.1) is 0 Å². The fourth-order valence-electron chi connectivity index (χ4n) is 0.621. The molecule has 0 spiro atoms. The summed E-state index contributed by atoms with van der Waals surface area (Å²) in [4.78, 5) is 20.8. The summed E-state index contributed by atoms with van der Waals surface area (Å²) >= 11 is 0. The molecule has 5 nitrogen and oxygen atoms in total. The number of rotatable bonds is 4. The molecule has 12 heavy (non-hydrogen) atoms. The van der Waals surface area contributed by atoms with Crippen molar-refractivity contribution in [3.8, 4) is 0 Å². The van der Waals surface area contributed by atoms with Crippen LogP contribution in [0.2, 0.25) is 0 Å². The van der Waals surface area contributed by atoms with Crippen molar-refractivity contribution in [2.24, 2.45) is 0 Å². The topological polar surface area (TPSA) is 80.2 Å². The predicted molar refractivity (Wildman–Crippen MR) is 39.9 cm³/mol. The molecule has 0 aliphatic rings. The van der Waals surface area contributed by atoms with Gasteiger partial charge in [-0.3, -0.25) is 9.59 Å². The van der Waals surface area contributed by atoms with E-state index in [9.17, 15) is 9.59 Å². The molecule has 0 saturated carbocycles. The highest BCUT2D eigenvalue weighted by molar-refractivity contribution is 5.67. The van der Waals surface area contributed by atoms with Crippen LogP contribution in [0.5, 0.6) is 0 Å². The normalized spacial score (nSPS) is 11.9. The summed E-state index contributed by atoms with van der Waals surface area (Å²) in [6, 6.07) is 0. The highest BCUT2D eigenvalue weighted by atomic mass is 16.6. The summed E-state index contributed by atoms with van der Waals surface area (Å²) in [6.45, 7) is 3.08. The number of hydrogen-bond acceptors (Lipinski definition) is 4. The Hall–Kier alpha value is -1.10. The largest absolute Gasteiger partial charge is 0.462 e. The van der Waals surface area contributed by atoms with Crippen molar-refractivity contribution >= 4 is 11.9 Å². The van der Waals surface area contributed by atoms with Crippen molar-refractivity contribution in [3.05, 3.63) is 0 Å². The number of esters is 2. The van der Waals surface area contributed by atoms with E-state index >= 15 is 0 Å². The molecule has 0 rings (SSSR count). The molecular formula is C7H14NO4+. The molecule has 0 heterocycles. The second-order valence-electron chi connectivity index (χ2n) is 2.32. The van der Waals surface area contributed by atoms with Gasteiger partial charge in [-0.25, -0.2) is 0 Å². The van der Waals surface area contributed by atoms with Gasteiger partial charge in [0.15, 0.2) is 6.10 Å². The van der Waals surface area contributed by atoms with Gasteiger partial charge in [-0.1, -0.05) is 0 Å². The fourth-order valence-corrected chi connectivity index (χ4v) is 0.621. The highest BCUT2D eigenvalue weighted by Gasteiger charge is 2.13. The first-order valence-electron chi connectivity index (χ1n) is 3.66. The van der Waals surface area contributed by atoms with Crippen molar-refractivity contribution in [1.82, 2.24) is 0 Å². The fraction of sp³-hybridized carbons (Fsp3) is 0.714. The summed E-state index contributed by atoms with van der Waals surface area (Å²) in [7, 11) is 0. The molecule has 1 atom stereocenters. The van der Waals surface area contributed by atoms with E-state index in [-0.39, 0.29) is 12.6 Å². The van der Waals surface area contributed by atoms with Crippen molar-refractivity contribution in [2.75, 3.05) is 13.2 Å². The second kappa shape index (κ2) is 5.54. The maximum Gasteiger partial charge on any atom is 0.303 e. The SMILES string of the molecule is CC(=O)OCC(C[NH3+])OC(C)=O. The van der Waals surface area contributed by atoms with E-state index in [4.69, 9.17) is 4.74 Å². The van der Waals surface area contributed by atoms with Crippen molar-refractivity contribution in [2.45, 2.75) is 20.0 Å². The Balaban J connectivity index is 3.67. The zero-order valence-corrected chi connectivity index (χ0v) is 7.33. The Morgan fingerprint density at radius 1 is 1.33 bits per heavy atom. The Morgan fingerprint density at radius 2 is 1.92 bits per heavy atom. The molecule has 0 aromatic carbocycles. The average molecular weight is 176 g/mol. The lowest BCUT2D eigenvalue weighted by Gasteiger charge is -2.12. The molecule has 0 bridgehead atoms. The first-order valence-corrected chi connectivity index (χ1v) is 3.66. The van der Waals surface area contributed by atoms with Crippen LogP contribution in [0.25, 0.3) is 0 Å². The van der Waals surface area contributed by atoms with Crippen LogP contribution in [0.15, 0.2) is 0 Å².